The highest BCUT2D eigenvalue weighted by Crippen LogP contribution is 2.27. The molecule has 2 N–H and O–H groups in total. The Balaban J connectivity index is 1.99. The topological polar surface area (TPSA) is 72.1 Å². The largest absolute Gasteiger partial charge is 0.328 e. The van der Waals surface area contributed by atoms with E-state index in [0.29, 0.717) is 24.5 Å². The highest BCUT2D eigenvalue weighted by molar-refractivity contribution is 8.00. The first-order valence-corrected chi connectivity index (χ1v) is 8.26. The van der Waals surface area contributed by atoms with Crippen LogP contribution in [0.25, 0.3) is 11.3 Å². The molecule has 1 aliphatic heterocycles. The molecule has 114 valence electrons. The zero-order valence-electron chi connectivity index (χ0n) is 12.4. The quantitative estimate of drug-likeness (QED) is 0.937. The number of aryl methyl sites for hydroxylation is 1. The Hall–Kier alpha value is -1.92. The molecule has 5 nitrogen and oxygen atoms in total. The predicted octanol–water partition coefficient (Wildman–Crippen LogP) is 1.93. The second-order valence-electron chi connectivity index (χ2n) is 5.18. The summed E-state index contributed by atoms with van der Waals surface area (Å²) in [5.41, 5.74) is 8.82. The minimum absolute atomic E-state index is 0.0277. The van der Waals surface area contributed by atoms with E-state index in [1.807, 2.05) is 31.2 Å². The van der Waals surface area contributed by atoms with Crippen molar-refractivity contribution in [2.24, 2.45) is 5.73 Å². The van der Waals surface area contributed by atoms with E-state index in [1.54, 1.807) is 29.1 Å². The molecule has 6 heteroatoms. The summed E-state index contributed by atoms with van der Waals surface area (Å²) in [6, 6.07) is 7.94. The minimum atomic E-state index is -0.0925. The van der Waals surface area contributed by atoms with Gasteiger partial charge < -0.3 is 10.6 Å². The molecule has 1 aliphatic rings. The Morgan fingerprint density at radius 3 is 3.00 bits per heavy atom. The highest BCUT2D eigenvalue weighted by atomic mass is 32.2. The van der Waals surface area contributed by atoms with Crippen LogP contribution in [0.2, 0.25) is 0 Å². The summed E-state index contributed by atoms with van der Waals surface area (Å²) >= 11 is 1.71. The Morgan fingerprint density at radius 2 is 2.23 bits per heavy atom. The molecule has 2 aromatic rings. The normalized spacial score (nSPS) is 17.7. The van der Waals surface area contributed by atoms with Crippen molar-refractivity contribution in [3.05, 3.63) is 47.9 Å². The molecule has 0 aliphatic carbocycles. The van der Waals surface area contributed by atoms with Gasteiger partial charge in [-0.25, -0.2) is 4.98 Å². The Labute approximate surface area is 133 Å². The fraction of sp³-hybridized carbons (Fsp3) is 0.312. The van der Waals surface area contributed by atoms with Gasteiger partial charge in [0, 0.05) is 36.8 Å². The van der Waals surface area contributed by atoms with Crippen molar-refractivity contribution in [2.45, 2.75) is 12.3 Å². The minimum Gasteiger partial charge on any atom is -0.328 e. The highest BCUT2D eigenvalue weighted by Gasteiger charge is 2.31. The number of benzene rings is 1. The van der Waals surface area contributed by atoms with Crippen molar-refractivity contribution in [2.75, 3.05) is 18.8 Å². The number of hydrogen-bond acceptors (Lipinski definition) is 5. The van der Waals surface area contributed by atoms with Crippen molar-refractivity contribution in [1.82, 2.24) is 14.9 Å². The van der Waals surface area contributed by atoms with Gasteiger partial charge in [-0.1, -0.05) is 23.8 Å². The monoisotopic (exact) mass is 314 g/mol. The summed E-state index contributed by atoms with van der Waals surface area (Å²) < 4.78 is 0. The number of nitrogens with two attached hydrogens (primary N) is 1. The molecule has 0 bridgehead atoms. The molecule has 0 saturated carbocycles. The Bertz CT molecular complexity index is 691. The molecular weight excluding hydrogens is 296 g/mol. The van der Waals surface area contributed by atoms with Gasteiger partial charge in [-0.3, -0.25) is 9.78 Å². The molecular formula is C16H18N4OS. The molecule has 1 aromatic heterocycles. The van der Waals surface area contributed by atoms with Crippen LogP contribution >= 0.6 is 11.8 Å². The molecule has 0 radical (unpaired) electrons. The molecule has 3 rings (SSSR count). The van der Waals surface area contributed by atoms with Crippen molar-refractivity contribution in [3.63, 3.8) is 0 Å². The molecule has 0 spiro atoms. The molecule has 1 saturated heterocycles. The van der Waals surface area contributed by atoms with Crippen molar-refractivity contribution in [1.29, 1.82) is 0 Å². The van der Waals surface area contributed by atoms with E-state index in [9.17, 15) is 4.79 Å². The van der Waals surface area contributed by atoms with Crippen LogP contribution in [0.15, 0.2) is 36.7 Å². The second kappa shape index (κ2) is 6.46. The number of aromatic nitrogens is 2. The lowest BCUT2D eigenvalue weighted by Crippen LogP contribution is -2.39. The molecule has 1 aromatic carbocycles. The van der Waals surface area contributed by atoms with E-state index in [-0.39, 0.29) is 11.3 Å². The first kappa shape index (κ1) is 15.0. The number of hydrogen-bond donors (Lipinski definition) is 1. The summed E-state index contributed by atoms with van der Waals surface area (Å²) in [5.74, 6) is 0.818. The van der Waals surface area contributed by atoms with Gasteiger partial charge in [0.25, 0.3) is 5.91 Å². The van der Waals surface area contributed by atoms with Crippen LogP contribution in [0, 0.1) is 6.92 Å². The number of carbonyl (C=O) groups is 1. The maximum atomic E-state index is 12.8. The van der Waals surface area contributed by atoms with Crippen LogP contribution in [0.1, 0.15) is 16.1 Å². The van der Waals surface area contributed by atoms with Gasteiger partial charge in [0.1, 0.15) is 5.69 Å². The van der Waals surface area contributed by atoms with Gasteiger partial charge in [0.2, 0.25) is 0 Å². The lowest BCUT2D eigenvalue weighted by molar-refractivity contribution is 0.0758. The van der Waals surface area contributed by atoms with Crippen LogP contribution in [0.4, 0.5) is 0 Å². The SMILES string of the molecule is Cc1cccc(-c2nccnc2C(=O)N2CCSC2CN)c1. The molecule has 1 amide bonds. The van der Waals surface area contributed by atoms with E-state index in [2.05, 4.69) is 9.97 Å². The average molecular weight is 314 g/mol. The number of rotatable bonds is 3. The summed E-state index contributed by atoms with van der Waals surface area (Å²) in [4.78, 5) is 23.3. The number of thioether (sulfide) groups is 1. The third kappa shape index (κ3) is 2.84. The maximum absolute atomic E-state index is 12.8. The van der Waals surface area contributed by atoms with Crippen LogP contribution in [-0.2, 0) is 0 Å². The lowest BCUT2D eigenvalue weighted by Gasteiger charge is -2.22. The summed E-state index contributed by atoms with van der Waals surface area (Å²) in [6.45, 7) is 3.18. The van der Waals surface area contributed by atoms with E-state index in [1.165, 1.54) is 0 Å². The summed E-state index contributed by atoms with van der Waals surface area (Å²) in [7, 11) is 0. The van der Waals surface area contributed by atoms with E-state index in [0.717, 1.165) is 16.9 Å². The van der Waals surface area contributed by atoms with E-state index < -0.39 is 0 Å². The smallest absolute Gasteiger partial charge is 0.275 e. The van der Waals surface area contributed by atoms with Crippen LogP contribution in [0.3, 0.4) is 0 Å². The van der Waals surface area contributed by atoms with Gasteiger partial charge in [0.05, 0.1) is 5.37 Å². The standard InChI is InChI=1S/C16H18N4OS/c1-11-3-2-4-12(9-11)14-15(19-6-5-18-14)16(21)20-7-8-22-13(20)10-17/h2-6,9,13H,7-8,10,17H2,1H3. The fourth-order valence-corrected chi connectivity index (χ4v) is 3.67. The van der Waals surface area contributed by atoms with Gasteiger partial charge >= 0.3 is 0 Å². The zero-order chi connectivity index (χ0) is 15.5. The van der Waals surface area contributed by atoms with E-state index in [4.69, 9.17) is 5.73 Å². The molecule has 1 atom stereocenters. The zero-order valence-corrected chi connectivity index (χ0v) is 13.2. The van der Waals surface area contributed by atoms with E-state index >= 15 is 0 Å². The second-order valence-corrected chi connectivity index (χ2v) is 6.47. The number of nitrogens with zero attached hydrogens (tertiary/aromatic N) is 3. The van der Waals surface area contributed by atoms with Gasteiger partial charge in [-0.15, -0.1) is 11.8 Å². The van der Waals surface area contributed by atoms with Crippen molar-refractivity contribution >= 4 is 17.7 Å². The van der Waals surface area contributed by atoms with Gasteiger partial charge in [0.15, 0.2) is 5.69 Å². The molecule has 1 fully saturated rings. The Morgan fingerprint density at radius 1 is 1.41 bits per heavy atom. The fourth-order valence-electron chi connectivity index (χ4n) is 2.58. The molecule has 1 unspecified atom stereocenters. The van der Waals surface area contributed by atoms with Gasteiger partial charge in [-0.2, -0.15) is 0 Å². The summed E-state index contributed by atoms with van der Waals surface area (Å²) in [6.07, 6.45) is 3.18. The van der Waals surface area contributed by atoms with Crippen LogP contribution in [0.5, 0.6) is 0 Å². The van der Waals surface area contributed by atoms with Crippen molar-refractivity contribution < 1.29 is 4.79 Å². The van der Waals surface area contributed by atoms with Crippen molar-refractivity contribution in [3.8, 4) is 11.3 Å². The van der Waals surface area contributed by atoms with Gasteiger partial charge in [-0.05, 0) is 13.0 Å². The lowest BCUT2D eigenvalue weighted by atomic mass is 10.1. The van der Waals surface area contributed by atoms with Crippen LogP contribution < -0.4 is 5.73 Å². The van der Waals surface area contributed by atoms with Crippen LogP contribution in [-0.4, -0.2) is 45.0 Å². The Kier molecular flexibility index (Phi) is 4.40. The third-order valence-electron chi connectivity index (χ3n) is 3.64. The maximum Gasteiger partial charge on any atom is 0.275 e. The molecule has 22 heavy (non-hydrogen) atoms. The number of carbonyl (C=O) groups excluding carboxylic acids is 1. The third-order valence-corrected chi connectivity index (χ3v) is 4.89. The first-order valence-electron chi connectivity index (χ1n) is 7.21. The molecule has 2 heterocycles. The predicted molar refractivity (Wildman–Crippen MR) is 88.5 cm³/mol. The number of amides is 1. The first-order chi connectivity index (χ1) is 10.7. The summed E-state index contributed by atoms with van der Waals surface area (Å²) in [5, 5.41) is 0.0277. The average Bonchev–Trinajstić information content (AvgIpc) is 3.03.